The van der Waals surface area contributed by atoms with E-state index in [0.29, 0.717) is 17.4 Å². The fraction of sp³-hybridized carbons (Fsp3) is 1.00. The lowest BCUT2D eigenvalue weighted by Crippen LogP contribution is -2.74. The molecule has 0 spiro atoms. The fourth-order valence-electron chi connectivity index (χ4n) is 3.36. The minimum absolute atomic E-state index is 0.0799. The summed E-state index contributed by atoms with van der Waals surface area (Å²) < 4.78 is 5.82. The smallest absolute Gasteiger partial charge is 0.0662 e. The van der Waals surface area contributed by atoms with Crippen molar-refractivity contribution in [1.29, 1.82) is 0 Å². The van der Waals surface area contributed by atoms with Gasteiger partial charge in [0.25, 0.3) is 0 Å². The molecule has 0 radical (unpaired) electrons. The highest BCUT2D eigenvalue weighted by molar-refractivity contribution is 8.00. The summed E-state index contributed by atoms with van der Waals surface area (Å²) in [5.41, 5.74) is 6.70. The summed E-state index contributed by atoms with van der Waals surface area (Å²) in [5.74, 6) is 1.23. The van der Waals surface area contributed by atoms with Crippen LogP contribution in [0.25, 0.3) is 0 Å². The molecule has 0 aromatic heterocycles. The van der Waals surface area contributed by atoms with E-state index in [2.05, 4.69) is 51.3 Å². The van der Waals surface area contributed by atoms with Gasteiger partial charge in [-0.05, 0) is 20.3 Å². The highest BCUT2D eigenvalue weighted by Crippen LogP contribution is 2.50. The maximum absolute atomic E-state index is 6.71. The van der Waals surface area contributed by atoms with E-state index < -0.39 is 0 Å². The van der Waals surface area contributed by atoms with Crippen molar-refractivity contribution in [3.05, 3.63) is 0 Å². The Labute approximate surface area is 122 Å². The second-order valence-corrected chi connectivity index (χ2v) is 8.30. The highest BCUT2D eigenvalue weighted by Gasteiger charge is 2.59. The van der Waals surface area contributed by atoms with Gasteiger partial charge in [0, 0.05) is 47.7 Å². The van der Waals surface area contributed by atoms with Crippen LogP contribution in [0.15, 0.2) is 0 Å². The lowest BCUT2D eigenvalue weighted by Gasteiger charge is -2.61. The van der Waals surface area contributed by atoms with Crippen LogP contribution in [-0.2, 0) is 4.74 Å². The molecule has 2 aliphatic rings. The molecule has 0 aromatic rings. The molecule has 3 nitrogen and oxygen atoms in total. The largest absolute Gasteiger partial charge is 0.378 e. The number of hydrogen-bond acceptors (Lipinski definition) is 4. The first-order chi connectivity index (χ1) is 8.82. The molecule has 0 aromatic carbocycles. The summed E-state index contributed by atoms with van der Waals surface area (Å²) in [6.07, 6.45) is 1.33. The SMILES string of the molecule is CCOC1CC(N)(CN2CCSC(C)C2C)C1(C)C. The Morgan fingerprint density at radius 2 is 2.05 bits per heavy atom. The highest BCUT2D eigenvalue weighted by atomic mass is 32.2. The van der Waals surface area contributed by atoms with Gasteiger partial charge in [-0.25, -0.2) is 0 Å². The Hall–Kier alpha value is 0.230. The Balaban J connectivity index is 1.99. The van der Waals surface area contributed by atoms with E-state index in [4.69, 9.17) is 10.5 Å². The van der Waals surface area contributed by atoms with Gasteiger partial charge in [0.05, 0.1) is 6.10 Å². The number of thioether (sulfide) groups is 1. The molecule has 4 atom stereocenters. The molecule has 19 heavy (non-hydrogen) atoms. The van der Waals surface area contributed by atoms with Crippen LogP contribution in [0, 0.1) is 5.41 Å². The summed E-state index contributed by atoms with van der Waals surface area (Å²) in [7, 11) is 0. The van der Waals surface area contributed by atoms with E-state index in [1.54, 1.807) is 0 Å². The maximum atomic E-state index is 6.71. The van der Waals surface area contributed by atoms with Gasteiger partial charge in [-0.3, -0.25) is 4.90 Å². The van der Waals surface area contributed by atoms with Gasteiger partial charge >= 0.3 is 0 Å². The van der Waals surface area contributed by atoms with E-state index >= 15 is 0 Å². The van der Waals surface area contributed by atoms with Crippen molar-refractivity contribution in [3.63, 3.8) is 0 Å². The number of ether oxygens (including phenoxy) is 1. The normalized spacial score (nSPS) is 42.9. The first-order valence-electron chi connectivity index (χ1n) is 7.58. The van der Waals surface area contributed by atoms with Crippen molar-refractivity contribution >= 4 is 11.8 Å². The molecule has 1 heterocycles. The molecule has 112 valence electrons. The molecule has 2 N–H and O–H groups in total. The lowest BCUT2D eigenvalue weighted by atomic mass is 9.54. The number of hydrogen-bond donors (Lipinski definition) is 1. The molecular formula is C15H30N2OS. The molecule has 1 saturated heterocycles. The van der Waals surface area contributed by atoms with Crippen LogP contribution < -0.4 is 5.73 Å². The van der Waals surface area contributed by atoms with E-state index in [9.17, 15) is 0 Å². The van der Waals surface area contributed by atoms with Gasteiger partial charge < -0.3 is 10.5 Å². The van der Waals surface area contributed by atoms with Crippen molar-refractivity contribution in [2.24, 2.45) is 11.1 Å². The average Bonchev–Trinajstić information content (AvgIpc) is 2.35. The zero-order valence-electron chi connectivity index (χ0n) is 13.1. The minimum Gasteiger partial charge on any atom is -0.378 e. The number of nitrogens with zero attached hydrogens (tertiary/aromatic N) is 1. The average molecular weight is 286 g/mol. The second-order valence-electron chi connectivity index (χ2n) is 6.81. The van der Waals surface area contributed by atoms with Gasteiger partial charge in [0.2, 0.25) is 0 Å². The van der Waals surface area contributed by atoms with Gasteiger partial charge in [-0.2, -0.15) is 11.8 Å². The van der Waals surface area contributed by atoms with Crippen LogP contribution >= 0.6 is 11.8 Å². The van der Waals surface area contributed by atoms with E-state index in [1.807, 2.05) is 0 Å². The fourth-order valence-corrected chi connectivity index (χ4v) is 4.52. The van der Waals surface area contributed by atoms with Crippen LogP contribution in [0.2, 0.25) is 0 Å². The number of nitrogens with two attached hydrogens (primary N) is 1. The summed E-state index contributed by atoms with van der Waals surface area (Å²) >= 11 is 2.08. The quantitative estimate of drug-likeness (QED) is 0.861. The molecule has 4 heteroatoms. The van der Waals surface area contributed by atoms with Crippen molar-refractivity contribution in [3.8, 4) is 0 Å². The van der Waals surface area contributed by atoms with E-state index in [0.717, 1.165) is 19.6 Å². The van der Waals surface area contributed by atoms with Crippen LogP contribution in [0.5, 0.6) is 0 Å². The molecule has 1 aliphatic heterocycles. The van der Waals surface area contributed by atoms with Crippen molar-refractivity contribution in [2.45, 2.75) is 64.0 Å². The monoisotopic (exact) mass is 286 g/mol. The van der Waals surface area contributed by atoms with E-state index in [-0.39, 0.29) is 11.0 Å². The van der Waals surface area contributed by atoms with Gasteiger partial charge in [-0.15, -0.1) is 0 Å². The van der Waals surface area contributed by atoms with Crippen molar-refractivity contribution in [2.75, 3.05) is 25.4 Å². The molecule has 0 bridgehead atoms. The van der Waals surface area contributed by atoms with Crippen molar-refractivity contribution in [1.82, 2.24) is 4.90 Å². The Kier molecular flexibility index (Phi) is 4.56. The lowest BCUT2D eigenvalue weighted by molar-refractivity contribution is -0.158. The number of rotatable bonds is 4. The molecule has 2 fully saturated rings. The summed E-state index contributed by atoms with van der Waals surface area (Å²) in [4.78, 5) is 2.59. The first-order valence-corrected chi connectivity index (χ1v) is 8.63. The van der Waals surface area contributed by atoms with Crippen LogP contribution in [-0.4, -0.2) is 53.3 Å². The molecular weight excluding hydrogens is 256 g/mol. The molecule has 0 amide bonds. The molecule has 1 saturated carbocycles. The van der Waals surface area contributed by atoms with Crippen LogP contribution in [0.4, 0.5) is 0 Å². The predicted octanol–water partition coefficient (Wildman–Crippen LogP) is 2.34. The molecule has 4 unspecified atom stereocenters. The summed E-state index contributed by atoms with van der Waals surface area (Å²) in [6, 6.07) is 0.626. The summed E-state index contributed by atoms with van der Waals surface area (Å²) in [5, 5.41) is 0.711. The van der Waals surface area contributed by atoms with E-state index in [1.165, 1.54) is 12.3 Å². The third kappa shape index (κ3) is 2.69. The zero-order valence-corrected chi connectivity index (χ0v) is 13.9. The second kappa shape index (κ2) is 5.55. The third-order valence-electron chi connectivity index (χ3n) is 5.51. The molecule has 1 aliphatic carbocycles. The Bertz CT molecular complexity index is 323. The topological polar surface area (TPSA) is 38.5 Å². The minimum atomic E-state index is -0.0944. The first kappa shape index (κ1) is 15.6. The maximum Gasteiger partial charge on any atom is 0.0662 e. The Morgan fingerprint density at radius 3 is 2.63 bits per heavy atom. The van der Waals surface area contributed by atoms with Crippen LogP contribution in [0.3, 0.4) is 0 Å². The van der Waals surface area contributed by atoms with Crippen molar-refractivity contribution < 1.29 is 4.74 Å². The zero-order chi connectivity index (χ0) is 14.3. The van der Waals surface area contributed by atoms with Crippen LogP contribution in [0.1, 0.15) is 41.0 Å². The third-order valence-corrected chi connectivity index (χ3v) is 6.84. The van der Waals surface area contributed by atoms with Gasteiger partial charge in [0.1, 0.15) is 0 Å². The Morgan fingerprint density at radius 1 is 1.37 bits per heavy atom. The predicted molar refractivity (Wildman–Crippen MR) is 83.7 cm³/mol. The van der Waals surface area contributed by atoms with Gasteiger partial charge in [-0.1, -0.05) is 20.8 Å². The standard InChI is InChI=1S/C15H30N2OS/c1-6-18-13-9-15(16,14(13,4)5)10-17-7-8-19-12(3)11(17)2/h11-13H,6-10,16H2,1-5H3. The van der Waals surface area contributed by atoms with Gasteiger partial charge in [0.15, 0.2) is 0 Å². The molecule has 2 rings (SSSR count). The summed E-state index contributed by atoms with van der Waals surface area (Å²) in [6.45, 7) is 14.2.